The molecule has 0 unspecified atom stereocenters. The quantitative estimate of drug-likeness (QED) is 0.941. The Balaban J connectivity index is 2.18. The molecule has 0 saturated carbocycles. The maximum atomic E-state index is 12.1. The van der Waals surface area contributed by atoms with E-state index in [0.29, 0.717) is 16.3 Å². The molecule has 0 aliphatic rings. The van der Waals surface area contributed by atoms with Crippen LogP contribution >= 0.6 is 22.9 Å². The third-order valence-electron chi connectivity index (χ3n) is 2.69. The lowest BCUT2D eigenvalue weighted by molar-refractivity contribution is 0.0945. The average Bonchev–Trinajstić information content (AvgIpc) is 2.99. The summed E-state index contributed by atoms with van der Waals surface area (Å²) in [5.41, 5.74) is 1.16. The van der Waals surface area contributed by atoms with Gasteiger partial charge in [0.05, 0.1) is 18.2 Å². The zero-order valence-electron chi connectivity index (χ0n) is 10.6. The predicted octanol–water partition coefficient (Wildman–Crippen LogP) is 3.40. The van der Waals surface area contributed by atoms with Gasteiger partial charge in [-0.3, -0.25) is 4.79 Å². The molecule has 0 spiro atoms. The van der Waals surface area contributed by atoms with E-state index in [9.17, 15) is 4.79 Å². The maximum absolute atomic E-state index is 12.1. The number of benzene rings is 1. The third-order valence-corrected chi connectivity index (χ3v) is 3.71. The standard InChI is InChI=1S/C14H11ClN2O2S/c1-19-13-6-9(2-3-11(13)15)14(18)17-12(7-16)10-4-5-20-8-10/h2-6,8,12H,1H3,(H,17,18)/t12-/m0/s1. The molecule has 1 heterocycles. The minimum atomic E-state index is -0.671. The number of thiophene rings is 1. The van der Waals surface area contributed by atoms with Crippen molar-refractivity contribution in [3.05, 3.63) is 51.2 Å². The molecule has 0 bridgehead atoms. The van der Waals surface area contributed by atoms with Crippen LogP contribution in [0.5, 0.6) is 5.75 Å². The van der Waals surface area contributed by atoms with Crippen LogP contribution in [0.4, 0.5) is 0 Å². The van der Waals surface area contributed by atoms with Crippen LogP contribution in [0.1, 0.15) is 22.0 Å². The minimum Gasteiger partial charge on any atom is -0.495 e. The van der Waals surface area contributed by atoms with E-state index in [4.69, 9.17) is 21.6 Å². The molecule has 0 fully saturated rings. The number of nitriles is 1. The monoisotopic (exact) mass is 306 g/mol. The number of carbonyl (C=O) groups is 1. The van der Waals surface area contributed by atoms with Gasteiger partial charge in [-0.1, -0.05) is 11.6 Å². The Labute approximate surface area is 125 Å². The fourth-order valence-corrected chi connectivity index (χ4v) is 2.53. The fourth-order valence-electron chi connectivity index (χ4n) is 1.64. The molecule has 1 atom stereocenters. The van der Waals surface area contributed by atoms with Crippen molar-refractivity contribution in [1.29, 1.82) is 5.26 Å². The highest BCUT2D eigenvalue weighted by molar-refractivity contribution is 7.08. The summed E-state index contributed by atoms with van der Waals surface area (Å²) < 4.78 is 5.06. The Morgan fingerprint density at radius 1 is 1.50 bits per heavy atom. The number of ether oxygens (including phenoxy) is 1. The summed E-state index contributed by atoms with van der Waals surface area (Å²) in [4.78, 5) is 12.1. The van der Waals surface area contributed by atoms with Gasteiger partial charge < -0.3 is 10.1 Å². The van der Waals surface area contributed by atoms with E-state index in [1.54, 1.807) is 24.3 Å². The first-order valence-electron chi connectivity index (χ1n) is 5.72. The van der Waals surface area contributed by atoms with Crippen LogP contribution in [0.3, 0.4) is 0 Å². The normalized spacial score (nSPS) is 11.4. The first-order chi connectivity index (χ1) is 9.65. The highest BCUT2D eigenvalue weighted by atomic mass is 35.5. The molecular weight excluding hydrogens is 296 g/mol. The number of nitrogens with one attached hydrogen (secondary N) is 1. The predicted molar refractivity (Wildman–Crippen MR) is 78.1 cm³/mol. The van der Waals surface area contributed by atoms with Crippen LogP contribution in [-0.2, 0) is 0 Å². The molecule has 2 aromatic rings. The zero-order chi connectivity index (χ0) is 14.5. The Kier molecular flexibility index (Phi) is 4.61. The molecule has 0 aliphatic heterocycles. The number of rotatable bonds is 4. The highest BCUT2D eigenvalue weighted by Gasteiger charge is 2.16. The van der Waals surface area contributed by atoms with Gasteiger partial charge in [-0.25, -0.2) is 0 Å². The lowest BCUT2D eigenvalue weighted by Crippen LogP contribution is -2.27. The lowest BCUT2D eigenvalue weighted by Gasteiger charge is -2.11. The van der Waals surface area contributed by atoms with E-state index in [-0.39, 0.29) is 5.91 Å². The van der Waals surface area contributed by atoms with Crippen LogP contribution in [0.25, 0.3) is 0 Å². The van der Waals surface area contributed by atoms with Crippen molar-refractivity contribution >= 4 is 28.8 Å². The second kappa shape index (κ2) is 6.42. The summed E-state index contributed by atoms with van der Waals surface area (Å²) in [6.45, 7) is 0. The molecule has 1 N–H and O–H groups in total. The van der Waals surface area contributed by atoms with Crippen LogP contribution in [0.15, 0.2) is 35.0 Å². The summed E-state index contributed by atoms with van der Waals surface area (Å²) in [6, 6.07) is 7.91. The number of amides is 1. The van der Waals surface area contributed by atoms with Crippen LogP contribution in [0.2, 0.25) is 5.02 Å². The second-order valence-electron chi connectivity index (χ2n) is 3.94. The number of nitrogens with zero attached hydrogens (tertiary/aromatic N) is 1. The van der Waals surface area contributed by atoms with Crippen LogP contribution < -0.4 is 10.1 Å². The molecular formula is C14H11ClN2O2S. The van der Waals surface area contributed by atoms with Crippen molar-refractivity contribution in [2.24, 2.45) is 0 Å². The SMILES string of the molecule is COc1cc(C(=O)N[C@@H](C#N)c2ccsc2)ccc1Cl. The molecule has 1 amide bonds. The number of hydrogen-bond acceptors (Lipinski definition) is 4. The molecule has 102 valence electrons. The van der Waals surface area contributed by atoms with Gasteiger partial charge in [0.15, 0.2) is 0 Å². The van der Waals surface area contributed by atoms with E-state index in [1.807, 2.05) is 10.8 Å². The molecule has 6 heteroatoms. The van der Waals surface area contributed by atoms with E-state index < -0.39 is 6.04 Å². The van der Waals surface area contributed by atoms with Gasteiger partial charge in [-0.15, -0.1) is 0 Å². The molecule has 0 saturated heterocycles. The lowest BCUT2D eigenvalue weighted by atomic mass is 10.1. The Bertz CT molecular complexity index is 650. The summed E-state index contributed by atoms with van der Waals surface area (Å²) in [7, 11) is 1.48. The van der Waals surface area contributed by atoms with Gasteiger partial charge in [0.2, 0.25) is 0 Å². The molecule has 1 aromatic carbocycles. The van der Waals surface area contributed by atoms with Gasteiger partial charge in [0.1, 0.15) is 11.8 Å². The molecule has 1 aromatic heterocycles. The van der Waals surface area contributed by atoms with Gasteiger partial charge in [-0.05, 0) is 40.6 Å². The molecule has 2 rings (SSSR count). The van der Waals surface area contributed by atoms with Crippen LogP contribution in [-0.4, -0.2) is 13.0 Å². The summed E-state index contributed by atoms with van der Waals surface area (Å²) in [6.07, 6.45) is 0. The average molecular weight is 307 g/mol. The van der Waals surface area contributed by atoms with Gasteiger partial charge in [0, 0.05) is 5.56 Å². The van der Waals surface area contributed by atoms with Crippen molar-refractivity contribution in [3.8, 4) is 11.8 Å². The maximum Gasteiger partial charge on any atom is 0.252 e. The van der Waals surface area contributed by atoms with Gasteiger partial charge in [-0.2, -0.15) is 16.6 Å². The number of carbonyl (C=O) groups excluding carboxylic acids is 1. The largest absolute Gasteiger partial charge is 0.495 e. The third kappa shape index (κ3) is 3.10. The topological polar surface area (TPSA) is 62.1 Å². The molecule has 20 heavy (non-hydrogen) atoms. The first-order valence-corrected chi connectivity index (χ1v) is 7.04. The molecule has 4 nitrogen and oxygen atoms in total. The summed E-state index contributed by atoms with van der Waals surface area (Å²) >= 11 is 7.38. The number of methoxy groups -OCH3 is 1. The molecule has 0 radical (unpaired) electrons. The second-order valence-corrected chi connectivity index (χ2v) is 5.13. The number of hydrogen-bond donors (Lipinski definition) is 1. The van der Waals surface area contributed by atoms with Crippen LogP contribution in [0, 0.1) is 11.3 Å². The van der Waals surface area contributed by atoms with E-state index in [2.05, 4.69) is 11.4 Å². The Morgan fingerprint density at radius 3 is 2.90 bits per heavy atom. The Morgan fingerprint density at radius 2 is 2.30 bits per heavy atom. The minimum absolute atomic E-state index is 0.349. The zero-order valence-corrected chi connectivity index (χ0v) is 12.2. The van der Waals surface area contributed by atoms with E-state index in [0.717, 1.165) is 5.56 Å². The van der Waals surface area contributed by atoms with Crippen molar-refractivity contribution in [3.63, 3.8) is 0 Å². The van der Waals surface area contributed by atoms with Gasteiger partial charge >= 0.3 is 0 Å². The molecule has 0 aliphatic carbocycles. The van der Waals surface area contributed by atoms with Crippen molar-refractivity contribution in [1.82, 2.24) is 5.32 Å². The smallest absolute Gasteiger partial charge is 0.252 e. The summed E-state index contributed by atoms with van der Waals surface area (Å²) in [5.74, 6) is 0.0704. The highest BCUT2D eigenvalue weighted by Crippen LogP contribution is 2.25. The van der Waals surface area contributed by atoms with E-state index >= 15 is 0 Å². The van der Waals surface area contributed by atoms with Crippen molar-refractivity contribution < 1.29 is 9.53 Å². The fraction of sp³-hybridized carbons (Fsp3) is 0.143. The Hall–Kier alpha value is -2.03. The van der Waals surface area contributed by atoms with Crippen molar-refractivity contribution in [2.45, 2.75) is 6.04 Å². The summed E-state index contributed by atoms with van der Waals surface area (Å²) in [5, 5.41) is 15.9. The van der Waals surface area contributed by atoms with Crippen molar-refractivity contribution in [2.75, 3.05) is 7.11 Å². The van der Waals surface area contributed by atoms with E-state index in [1.165, 1.54) is 18.4 Å². The first kappa shape index (κ1) is 14.4. The number of halogens is 1. The van der Waals surface area contributed by atoms with Gasteiger partial charge in [0.25, 0.3) is 5.91 Å².